The van der Waals surface area contributed by atoms with Gasteiger partial charge in [-0.05, 0) is 6.92 Å². The Hall–Kier alpha value is -1.23. The van der Waals surface area contributed by atoms with Crippen LogP contribution in [-0.4, -0.2) is 34.7 Å². The minimum absolute atomic E-state index is 0.0226. The summed E-state index contributed by atoms with van der Waals surface area (Å²) in [6, 6.07) is 0. The van der Waals surface area contributed by atoms with E-state index in [1.807, 2.05) is 12.3 Å². The Bertz CT molecular complexity index is 400. The van der Waals surface area contributed by atoms with Crippen molar-refractivity contribution < 1.29 is 9.59 Å². The fourth-order valence-electron chi connectivity index (χ4n) is 1.61. The van der Waals surface area contributed by atoms with Crippen LogP contribution in [0, 0.1) is 6.92 Å². The first-order valence-corrected chi connectivity index (χ1v) is 5.73. The molecule has 0 bridgehead atoms. The number of rotatable bonds is 3. The maximum absolute atomic E-state index is 11.3. The zero-order chi connectivity index (χ0) is 10.8. The molecule has 0 aromatic carbocycles. The van der Waals surface area contributed by atoms with Crippen molar-refractivity contribution in [3.63, 3.8) is 0 Å². The van der Waals surface area contributed by atoms with Crippen LogP contribution in [0.5, 0.6) is 0 Å². The summed E-state index contributed by atoms with van der Waals surface area (Å²) in [7, 11) is 0. The number of carbonyl (C=O) groups excluding carboxylic acids is 2. The molecule has 0 N–H and O–H groups in total. The fraction of sp³-hybridized carbons (Fsp3) is 0.500. The molecule has 1 aromatic heterocycles. The van der Waals surface area contributed by atoms with Crippen molar-refractivity contribution in [1.29, 1.82) is 0 Å². The lowest BCUT2D eigenvalue weighted by molar-refractivity contribution is -0.127. The Morgan fingerprint density at radius 2 is 2.33 bits per heavy atom. The lowest BCUT2D eigenvalue weighted by Gasteiger charge is -2.12. The molecule has 0 radical (unpaired) electrons. The summed E-state index contributed by atoms with van der Waals surface area (Å²) in [6.45, 7) is 2.84. The van der Waals surface area contributed by atoms with Gasteiger partial charge in [-0.2, -0.15) is 0 Å². The molecule has 1 saturated heterocycles. The monoisotopic (exact) mass is 224 g/mol. The summed E-state index contributed by atoms with van der Waals surface area (Å²) in [5, 5.41) is 3.03. The minimum atomic E-state index is -0.0491. The maximum Gasteiger partial charge on any atom is 0.230 e. The molecule has 1 aromatic rings. The number of carbonyl (C=O) groups is 2. The Balaban J connectivity index is 1.88. The molecular weight excluding hydrogens is 212 g/mol. The third-order valence-electron chi connectivity index (χ3n) is 2.37. The molecule has 5 heteroatoms. The second kappa shape index (κ2) is 4.10. The molecule has 2 rings (SSSR count). The number of thiazole rings is 1. The van der Waals surface area contributed by atoms with Crippen LogP contribution in [0.4, 0.5) is 0 Å². The second-order valence-electron chi connectivity index (χ2n) is 3.64. The largest absolute Gasteiger partial charge is 0.335 e. The number of hydrogen-bond donors (Lipinski definition) is 0. The third-order valence-corrected chi connectivity index (χ3v) is 3.20. The molecule has 0 atom stereocenters. The van der Waals surface area contributed by atoms with Crippen molar-refractivity contribution in [2.24, 2.45) is 0 Å². The van der Waals surface area contributed by atoms with Gasteiger partial charge in [0.15, 0.2) is 5.78 Å². The van der Waals surface area contributed by atoms with Crippen LogP contribution in [0.25, 0.3) is 0 Å². The highest BCUT2D eigenvalue weighted by molar-refractivity contribution is 7.09. The fourth-order valence-corrected chi connectivity index (χ4v) is 2.26. The highest BCUT2D eigenvalue weighted by Crippen LogP contribution is 2.11. The summed E-state index contributed by atoms with van der Waals surface area (Å²) in [5.41, 5.74) is 1.00. The summed E-state index contributed by atoms with van der Waals surface area (Å²) in [4.78, 5) is 28.2. The molecule has 0 unspecified atom stereocenters. The average Bonchev–Trinajstić information content (AvgIpc) is 2.70. The number of amides is 1. The number of aromatic nitrogens is 1. The highest BCUT2D eigenvalue weighted by Gasteiger charge is 2.26. The van der Waals surface area contributed by atoms with E-state index in [1.54, 1.807) is 16.2 Å². The Kier molecular flexibility index (Phi) is 2.81. The van der Waals surface area contributed by atoms with Crippen molar-refractivity contribution in [3.05, 3.63) is 16.1 Å². The van der Waals surface area contributed by atoms with Crippen molar-refractivity contribution in [2.75, 3.05) is 13.1 Å². The van der Waals surface area contributed by atoms with Gasteiger partial charge >= 0.3 is 0 Å². The molecule has 1 amide bonds. The van der Waals surface area contributed by atoms with Gasteiger partial charge in [0.05, 0.1) is 23.7 Å². The lowest BCUT2D eigenvalue weighted by atomic mass is 10.3. The maximum atomic E-state index is 11.3. The van der Waals surface area contributed by atoms with Gasteiger partial charge in [0.2, 0.25) is 5.91 Å². The Labute approximate surface area is 91.9 Å². The topological polar surface area (TPSA) is 50.3 Å². The van der Waals surface area contributed by atoms with Crippen LogP contribution < -0.4 is 0 Å². The van der Waals surface area contributed by atoms with E-state index in [0.29, 0.717) is 6.54 Å². The van der Waals surface area contributed by atoms with E-state index in [4.69, 9.17) is 0 Å². The van der Waals surface area contributed by atoms with E-state index in [1.165, 1.54) is 0 Å². The quantitative estimate of drug-likeness (QED) is 0.713. The van der Waals surface area contributed by atoms with Gasteiger partial charge in [-0.3, -0.25) is 9.59 Å². The van der Waals surface area contributed by atoms with E-state index in [0.717, 1.165) is 17.1 Å². The molecule has 2 heterocycles. The number of nitrogens with zero attached hydrogens (tertiary/aromatic N) is 2. The van der Waals surface area contributed by atoms with Gasteiger partial charge in [-0.25, -0.2) is 4.98 Å². The third kappa shape index (κ3) is 2.41. The van der Waals surface area contributed by atoms with Crippen LogP contribution in [0.1, 0.15) is 17.1 Å². The summed E-state index contributed by atoms with van der Waals surface area (Å²) >= 11 is 1.61. The molecule has 0 aliphatic carbocycles. The van der Waals surface area contributed by atoms with Crippen molar-refractivity contribution in [1.82, 2.24) is 9.88 Å². The number of Topliss-reactive ketones (excluding diaryl/α,β-unsaturated/α-hetero) is 1. The first-order chi connectivity index (χ1) is 7.15. The number of ketones is 1. The molecule has 0 saturated carbocycles. The van der Waals surface area contributed by atoms with Crippen LogP contribution >= 0.6 is 11.3 Å². The minimum Gasteiger partial charge on any atom is -0.335 e. The second-order valence-corrected chi connectivity index (χ2v) is 4.70. The van der Waals surface area contributed by atoms with Gasteiger partial charge < -0.3 is 4.90 Å². The van der Waals surface area contributed by atoms with Crippen LogP contribution in [0.2, 0.25) is 0 Å². The molecule has 80 valence electrons. The standard InChI is InChI=1S/C10H12N2O2S/c1-7-11-8(6-15-7)2-3-12-5-9(13)4-10(12)14/h6H,2-5H2,1H3. The molecule has 0 spiro atoms. The predicted octanol–water partition coefficient (Wildman–Crippen LogP) is 0.795. The first-order valence-electron chi connectivity index (χ1n) is 4.85. The van der Waals surface area contributed by atoms with E-state index in [9.17, 15) is 9.59 Å². The summed E-state index contributed by atoms with van der Waals surface area (Å²) in [5.74, 6) is -0.0265. The van der Waals surface area contributed by atoms with Crippen LogP contribution in [0.3, 0.4) is 0 Å². The SMILES string of the molecule is Cc1nc(CCN2CC(=O)CC2=O)cs1. The number of hydrogen-bond acceptors (Lipinski definition) is 4. The molecule has 1 aliphatic heterocycles. The molecular formula is C10H12N2O2S. The Morgan fingerprint density at radius 3 is 2.87 bits per heavy atom. The Morgan fingerprint density at radius 1 is 1.53 bits per heavy atom. The van der Waals surface area contributed by atoms with E-state index in [-0.39, 0.29) is 24.7 Å². The molecule has 4 nitrogen and oxygen atoms in total. The van der Waals surface area contributed by atoms with E-state index < -0.39 is 0 Å². The molecule has 1 fully saturated rings. The zero-order valence-electron chi connectivity index (χ0n) is 8.52. The number of aryl methyl sites for hydroxylation is 1. The van der Waals surface area contributed by atoms with Crippen molar-refractivity contribution in [2.45, 2.75) is 19.8 Å². The van der Waals surface area contributed by atoms with Crippen LogP contribution in [-0.2, 0) is 16.0 Å². The van der Waals surface area contributed by atoms with Gasteiger partial charge in [0.25, 0.3) is 0 Å². The van der Waals surface area contributed by atoms with Crippen molar-refractivity contribution in [3.8, 4) is 0 Å². The van der Waals surface area contributed by atoms with Gasteiger partial charge in [-0.15, -0.1) is 11.3 Å². The van der Waals surface area contributed by atoms with Crippen molar-refractivity contribution >= 4 is 23.0 Å². The van der Waals surface area contributed by atoms with E-state index >= 15 is 0 Å². The van der Waals surface area contributed by atoms with Crippen LogP contribution in [0.15, 0.2) is 5.38 Å². The first kappa shape index (κ1) is 10.3. The van der Waals surface area contributed by atoms with E-state index in [2.05, 4.69) is 4.98 Å². The zero-order valence-corrected chi connectivity index (χ0v) is 9.34. The highest BCUT2D eigenvalue weighted by atomic mass is 32.1. The summed E-state index contributed by atoms with van der Waals surface area (Å²) < 4.78 is 0. The van der Waals surface area contributed by atoms with Gasteiger partial charge in [-0.1, -0.05) is 0 Å². The number of likely N-dealkylation sites (tertiary alicyclic amines) is 1. The smallest absolute Gasteiger partial charge is 0.230 e. The van der Waals surface area contributed by atoms with Gasteiger partial charge in [0, 0.05) is 18.3 Å². The normalized spacial score (nSPS) is 16.5. The predicted molar refractivity (Wildman–Crippen MR) is 56.8 cm³/mol. The average molecular weight is 224 g/mol. The molecule has 1 aliphatic rings. The molecule has 15 heavy (non-hydrogen) atoms. The van der Waals surface area contributed by atoms with Gasteiger partial charge in [0.1, 0.15) is 0 Å². The summed E-state index contributed by atoms with van der Waals surface area (Å²) in [6.07, 6.45) is 0.819. The lowest BCUT2D eigenvalue weighted by Crippen LogP contribution is -2.27.